The number of hydrogen-bond donors (Lipinski definition) is 1. The first-order valence-corrected chi connectivity index (χ1v) is 7.51. The Morgan fingerprint density at radius 2 is 1.95 bits per heavy atom. The van der Waals surface area contributed by atoms with E-state index in [-0.39, 0.29) is 17.0 Å². The summed E-state index contributed by atoms with van der Waals surface area (Å²) in [6.45, 7) is 2.05. The number of H-pyrrole nitrogens is 1. The minimum absolute atomic E-state index is 0.0636. The van der Waals surface area contributed by atoms with E-state index < -0.39 is 11.4 Å². The number of carbonyl (C=O) groups excluding carboxylic acids is 1. The van der Waals surface area contributed by atoms with E-state index in [0.29, 0.717) is 10.9 Å². The molecule has 0 unspecified atom stereocenters. The fourth-order valence-electron chi connectivity index (χ4n) is 3.23. The van der Waals surface area contributed by atoms with Gasteiger partial charge in [-0.2, -0.15) is 0 Å². The largest absolute Gasteiger partial charge is 0.336 e. The van der Waals surface area contributed by atoms with E-state index >= 15 is 0 Å². The van der Waals surface area contributed by atoms with Crippen LogP contribution in [0.1, 0.15) is 43.0 Å². The van der Waals surface area contributed by atoms with Crippen LogP contribution in [0.5, 0.6) is 0 Å². The normalized spacial score (nSPS) is 16.9. The molecule has 1 fully saturated rings. The van der Waals surface area contributed by atoms with Crippen LogP contribution in [0.3, 0.4) is 0 Å². The molecule has 1 aliphatic carbocycles. The summed E-state index contributed by atoms with van der Waals surface area (Å²) in [6.07, 6.45) is 4.06. The van der Waals surface area contributed by atoms with Gasteiger partial charge in [-0.05, 0) is 44.0 Å². The third kappa shape index (κ3) is 2.40. The maximum Gasteiger partial charge on any atom is 0.261 e. The number of nitrogens with one attached hydrogen (secondary N) is 1. The zero-order chi connectivity index (χ0) is 15.9. The van der Waals surface area contributed by atoms with Crippen LogP contribution in [0.25, 0.3) is 10.9 Å². The van der Waals surface area contributed by atoms with Gasteiger partial charge in [0.2, 0.25) is 0 Å². The molecule has 0 bridgehead atoms. The fourth-order valence-corrected chi connectivity index (χ4v) is 3.23. The molecular formula is C17H19FN2O2. The fraction of sp³-hybridized carbons (Fsp3) is 0.412. The molecular weight excluding hydrogens is 283 g/mol. The van der Waals surface area contributed by atoms with Crippen molar-refractivity contribution in [1.29, 1.82) is 0 Å². The molecule has 1 aromatic carbocycles. The first-order chi connectivity index (χ1) is 10.4. The zero-order valence-corrected chi connectivity index (χ0v) is 12.8. The minimum atomic E-state index is -0.433. The van der Waals surface area contributed by atoms with E-state index in [9.17, 15) is 14.0 Å². The van der Waals surface area contributed by atoms with E-state index in [1.54, 1.807) is 11.9 Å². The van der Waals surface area contributed by atoms with Gasteiger partial charge in [0.05, 0.1) is 0 Å². The maximum absolute atomic E-state index is 13.3. The van der Waals surface area contributed by atoms with Gasteiger partial charge in [0.1, 0.15) is 11.4 Å². The topological polar surface area (TPSA) is 53.2 Å². The molecule has 0 atom stereocenters. The van der Waals surface area contributed by atoms with Gasteiger partial charge in [0, 0.05) is 23.5 Å². The summed E-state index contributed by atoms with van der Waals surface area (Å²) < 4.78 is 13.3. The third-order valence-electron chi connectivity index (χ3n) is 4.83. The molecule has 1 heterocycles. The van der Waals surface area contributed by atoms with Gasteiger partial charge in [-0.15, -0.1) is 0 Å². The molecule has 0 radical (unpaired) electrons. The predicted molar refractivity (Wildman–Crippen MR) is 83.5 cm³/mol. The third-order valence-corrected chi connectivity index (χ3v) is 4.83. The molecule has 22 heavy (non-hydrogen) atoms. The summed E-state index contributed by atoms with van der Waals surface area (Å²) in [6, 6.07) is 5.58. The molecule has 1 N–H and O–H groups in total. The first-order valence-electron chi connectivity index (χ1n) is 7.51. The molecule has 116 valence electrons. The number of carbonyl (C=O) groups is 1. The lowest BCUT2D eigenvalue weighted by atomic mass is 9.97. The van der Waals surface area contributed by atoms with Gasteiger partial charge in [-0.3, -0.25) is 9.59 Å². The summed E-state index contributed by atoms with van der Waals surface area (Å²) >= 11 is 0. The molecule has 0 saturated heterocycles. The Bertz CT molecular complexity index is 791. The van der Waals surface area contributed by atoms with Crippen LogP contribution in [0, 0.1) is 5.82 Å². The van der Waals surface area contributed by atoms with E-state index in [2.05, 4.69) is 4.98 Å². The summed E-state index contributed by atoms with van der Waals surface area (Å²) in [5.74, 6) is -0.703. The van der Waals surface area contributed by atoms with E-state index in [4.69, 9.17) is 0 Å². The molecule has 4 nitrogen and oxygen atoms in total. The summed E-state index contributed by atoms with van der Waals surface area (Å²) in [7, 11) is 1.74. The highest BCUT2D eigenvalue weighted by molar-refractivity contribution is 5.97. The van der Waals surface area contributed by atoms with Gasteiger partial charge in [-0.25, -0.2) is 4.39 Å². The van der Waals surface area contributed by atoms with Crippen molar-refractivity contribution in [3.63, 3.8) is 0 Å². The molecule has 2 aromatic rings. The van der Waals surface area contributed by atoms with E-state index in [1.807, 2.05) is 6.92 Å². The number of rotatable bonds is 2. The Labute approximate surface area is 127 Å². The SMILES string of the molecule is CN(C(=O)c1cc2cc(F)ccc2[nH]c1=O)C1(C)CCCC1. The highest BCUT2D eigenvalue weighted by Gasteiger charge is 2.36. The van der Waals surface area contributed by atoms with Gasteiger partial charge in [-0.1, -0.05) is 12.8 Å². The van der Waals surface area contributed by atoms with Crippen molar-refractivity contribution in [3.8, 4) is 0 Å². The van der Waals surface area contributed by atoms with Crippen molar-refractivity contribution >= 4 is 16.8 Å². The number of nitrogens with zero attached hydrogens (tertiary/aromatic N) is 1. The van der Waals surface area contributed by atoms with Crippen LogP contribution in [0.15, 0.2) is 29.1 Å². The molecule has 1 saturated carbocycles. The smallest absolute Gasteiger partial charge is 0.261 e. The van der Waals surface area contributed by atoms with Crippen molar-refractivity contribution in [2.45, 2.75) is 38.1 Å². The maximum atomic E-state index is 13.3. The Morgan fingerprint density at radius 1 is 1.27 bits per heavy atom. The molecule has 0 spiro atoms. The van der Waals surface area contributed by atoms with Crippen molar-refractivity contribution in [2.24, 2.45) is 0 Å². The average Bonchev–Trinajstić information content (AvgIpc) is 2.93. The summed E-state index contributed by atoms with van der Waals surface area (Å²) in [5.41, 5.74) is -0.0515. The minimum Gasteiger partial charge on any atom is -0.336 e. The van der Waals surface area contributed by atoms with Crippen LogP contribution in [0.2, 0.25) is 0 Å². The second kappa shape index (κ2) is 5.23. The lowest BCUT2D eigenvalue weighted by Crippen LogP contribution is -2.46. The number of amides is 1. The average molecular weight is 302 g/mol. The van der Waals surface area contributed by atoms with Gasteiger partial charge in [0.15, 0.2) is 0 Å². The number of hydrogen-bond acceptors (Lipinski definition) is 2. The second-order valence-electron chi connectivity index (χ2n) is 6.31. The van der Waals surface area contributed by atoms with Crippen molar-refractivity contribution in [1.82, 2.24) is 9.88 Å². The van der Waals surface area contributed by atoms with Crippen molar-refractivity contribution in [3.05, 3.63) is 46.0 Å². The van der Waals surface area contributed by atoms with Crippen LogP contribution < -0.4 is 5.56 Å². The Hall–Kier alpha value is -2.17. The molecule has 1 amide bonds. The Kier molecular flexibility index (Phi) is 3.51. The van der Waals surface area contributed by atoms with Crippen LogP contribution in [0.4, 0.5) is 4.39 Å². The lowest BCUT2D eigenvalue weighted by Gasteiger charge is -2.35. The van der Waals surface area contributed by atoms with Crippen LogP contribution in [-0.2, 0) is 0 Å². The number of halogens is 1. The van der Waals surface area contributed by atoms with Gasteiger partial charge in [0.25, 0.3) is 11.5 Å². The quantitative estimate of drug-likeness (QED) is 0.927. The Morgan fingerprint density at radius 3 is 2.64 bits per heavy atom. The van der Waals surface area contributed by atoms with E-state index in [0.717, 1.165) is 25.7 Å². The molecule has 5 heteroatoms. The van der Waals surface area contributed by atoms with Crippen molar-refractivity contribution in [2.75, 3.05) is 7.05 Å². The molecule has 1 aliphatic rings. The second-order valence-corrected chi connectivity index (χ2v) is 6.31. The van der Waals surface area contributed by atoms with Crippen LogP contribution >= 0.6 is 0 Å². The molecule has 3 rings (SSSR count). The first kappa shape index (κ1) is 14.8. The monoisotopic (exact) mass is 302 g/mol. The highest BCUT2D eigenvalue weighted by atomic mass is 19.1. The van der Waals surface area contributed by atoms with Crippen molar-refractivity contribution < 1.29 is 9.18 Å². The standard InChI is InChI=1S/C17H19FN2O2/c1-17(7-3-4-8-17)20(2)16(22)13-10-11-9-12(18)5-6-14(11)19-15(13)21/h5-6,9-10H,3-4,7-8H2,1-2H3,(H,19,21). The number of aromatic nitrogens is 1. The number of fused-ring (bicyclic) bond motifs is 1. The van der Waals surface area contributed by atoms with E-state index in [1.165, 1.54) is 24.3 Å². The highest BCUT2D eigenvalue weighted by Crippen LogP contribution is 2.34. The number of pyridine rings is 1. The van der Waals surface area contributed by atoms with Gasteiger partial charge < -0.3 is 9.88 Å². The number of benzene rings is 1. The summed E-state index contributed by atoms with van der Waals surface area (Å²) in [4.78, 5) is 29.2. The zero-order valence-electron chi connectivity index (χ0n) is 12.8. The molecule has 0 aliphatic heterocycles. The summed E-state index contributed by atoms with van der Waals surface area (Å²) in [5, 5.41) is 0.521. The molecule has 1 aromatic heterocycles. The van der Waals surface area contributed by atoms with Gasteiger partial charge >= 0.3 is 0 Å². The lowest BCUT2D eigenvalue weighted by molar-refractivity contribution is 0.0604. The predicted octanol–water partition coefficient (Wildman–Crippen LogP) is 3.07. The Balaban J connectivity index is 2.03. The number of aromatic amines is 1. The van der Waals surface area contributed by atoms with Crippen LogP contribution in [-0.4, -0.2) is 28.4 Å².